The molecule has 0 radical (unpaired) electrons. The Kier molecular flexibility index (Phi) is 2.56. The van der Waals surface area contributed by atoms with Gasteiger partial charge in [-0.05, 0) is 19.1 Å². The number of primary amides is 1. The summed E-state index contributed by atoms with van der Waals surface area (Å²) in [5.41, 5.74) is 9.42. The molecule has 0 aliphatic rings. The van der Waals surface area contributed by atoms with E-state index in [1.165, 1.54) is 0 Å². The minimum atomic E-state index is -0.458. The van der Waals surface area contributed by atoms with Crippen LogP contribution in [0.4, 0.5) is 0 Å². The maximum absolute atomic E-state index is 11.6. The van der Waals surface area contributed by atoms with Crippen LogP contribution in [0, 0.1) is 6.92 Å². The number of carbonyl (C=O) groups excluding carboxylic acids is 1. The number of benzene rings is 1. The Labute approximate surface area is 110 Å². The molecule has 3 rings (SSSR count). The van der Waals surface area contributed by atoms with Gasteiger partial charge in [-0.2, -0.15) is 0 Å². The molecule has 1 amide bonds. The van der Waals surface area contributed by atoms with Gasteiger partial charge in [-0.1, -0.05) is 36.4 Å². The summed E-state index contributed by atoms with van der Waals surface area (Å²) in [5, 5.41) is 0. The zero-order valence-electron chi connectivity index (χ0n) is 10.5. The number of nitrogens with two attached hydrogens (primary N) is 1. The standard InChI is InChI=1S/C15H13N3O/c1-10-14(11-6-3-2-4-7-11)18-12(15(16)19)8-5-9-13(18)17-10/h2-9H,1H3,(H2,16,19). The predicted molar refractivity (Wildman–Crippen MR) is 73.9 cm³/mol. The molecule has 4 nitrogen and oxygen atoms in total. The van der Waals surface area contributed by atoms with Crippen LogP contribution in [0.2, 0.25) is 0 Å². The van der Waals surface area contributed by atoms with Crippen molar-refractivity contribution in [2.45, 2.75) is 6.92 Å². The van der Waals surface area contributed by atoms with Crippen molar-refractivity contribution < 1.29 is 4.79 Å². The van der Waals surface area contributed by atoms with E-state index in [0.29, 0.717) is 5.69 Å². The number of pyridine rings is 1. The highest BCUT2D eigenvalue weighted by Crippen LogP contribution is 2.25. The Morgan fingerprint density at radius 2 is 1.84 bits per heavy atom. The fourth-order valence-electron chi connectivity index (χ4n) is 2.33. The van der Waals surface area contributed by atoms with Gasteiger partial charge in [-0.25, -0.2) is 4.98 Å². The van der Waals surface area contributed by atoms with Gasteiger partial charge in [0.05, 0.1) is 11.4 Å². The van der Waals surface area contributed by atoms with Crippen molar-refractivity contribution in [3.8, 4) is 11.3 Å². The summed E-state index contributed by atoms with van der Waals surface area (Å²) in [4.78, 5) is 16.1. The van der Waals surface area contributed by atoms with E-state index in [1.807, 2.05) is 47.7 Å². The van der Waals surface area contributed by atoms with Crippen molar-refractivity contribution >= 4 is 11.6 Å². The summed E-state index contributed by atoms with van der Waals surface area (Å²) in [5.74, 6) is -0.458. The van der Waals surface area contributed by atoms with Crippen LogP contribution in [0.15, 0.2) is 48.5 Å². The number of aromatic nitrogens is 2. The number of hydrogen-bond acceptors (Lipinski definition) is 2. The normalized spacial score (nSPS) is 10.8. The van der Waals surface area contributed by atoms with Gasteiger partial charge >= 0.3 is 0 Å². The Hall–Kier alpha value is -2.62. The zero-order valence-corrected chi connectivity index (χ0v) is 10.5. The first-order chi connectivity index (χ1) is 9.18. The molecule has 3 aromatic rings. The summed E-state index contributed by atoms with van der Waals surface area (Å²) in [6.07, 6.45) is 0. The lowest BCUT2D eigenvalue weighted by molar-refractivity contribution is 0.0994. The van der Waals surface area contributed by atoms with E-state index in [1.54, 1.807) is 12.1 Å². The lowest BCUT2D eigenvalue weighted by atomic mass is 10.1. The van der Waals surface area contributed by atoms with Crippen molar-refractivity contribution in [2.75, 3.05) is 0 Å². The van der Waals surface area contributed by atoms with E-state index < -0.39 is 5.91 Å². The van der Waals surface area contributed by atoms with Crippen LogP contribution in [-0.2, 0) is 0 Å². The maximum Gasteiger partial charge on any atom is 0.265 e. The van der Waals surface area contributed by atoms with E-state index in [2.05, 4.69) is 4.98 Å². The van der Waals surface area contributed by atoms with E-state index in [-0.39, 0.29) is 0 Å². The second-order valence-electron chi connectivity index (χ2n) is 4.38. The van der Waals surface area contributed by atoms with Crippen LogP contribution in [0.25, 0.3) is 16.9 Å². The molecule has 0 aliphatic heterocycles. The van der Waals surface area contributed by atoms with Crippen molar-refractivity contribution in [2.24, 2.45) is 5.73 Å². The van der Waals surface area contributed by atoms with E-state index >= 15 is 0 Å². The number of amides is 1. The molecule has 94 valence electrons. The number of rotatable bonds is 2. The molecule has 0 unspecified atom stereocenters. The van der Waals surface area contributed by atoms with Gasteiger partial charge in [0.2, 0.25) is 0 Å². The molecule has 2 N–H and O–H groups in total. The summed E-state index contributed by atoms with van der Waals surface area (Å²) in [6, 6.07) is 15.2. The molecule has 2 heterocycles. The van der Waals surface area contributed by atoms with E-state index in [4.69, 9.17) is 5.73 Å². The number of fused-ring (bicyclic) bond motifs is 1. The minimum Gasteiger partial charge on any atom is -0.364 e. The molecule has 0 saturated carbocycles. The maximum atomic E-state index is 11.6. The molecule has 0 saturated heterocycles. The van der Waals surface area contributed by atoms with Crippen LogP contribution < -0.4 is 5.73 Å². The van der Waals surface area contributed by atoms with Crippen LogP contribution in [-0.4, -0.2) is 15.3 Å². The molecular formula is C15H13N3O. The van der Waals surface area contributed by atoms with Gasteiger partial charge in [0.1, 0.15) is 11.3 Å². The number of aryl methyl sites for hydroxylation is 1. The first kappa shape index (κ1) is 11.5. The van der Waals surface area contributed by atoms with Gasteiger partial charge in [0.25, 0.3) is 5.91 Å². The molecule has 0 atom stereocenters. The second kappa shape index (κ2) is 4.24. The molecule has 19 heavy (non-hydrogen) atoms. The van der Waals surface area contributed by atoms with Crippen LogP contribution in [0.5, 0.6) is 0 Å². The van der Waals surface area contributed by atoms with Crippen molar-refractivity contribution in [1.29, 1.82) is 0 Å². The second-order valence-corrected chi connectivity index (χ2v) is 4.38. The summed E-state index contributed by atoms with van der Waals surface area (Å²) in [6.45, 7) is 1.93. The zero-order chi connectivity index (χ0) is 13.4. The average molecular weight is 251 g/mol. The number of carbonyl (C=O) groups is 1. The van der Waals surface area contributed by atoms with Gasteiger partial charge in [-0.3, -0.25) is 9.20 Å². The van der Waals surface area contributed by atoms with Crippen molar-refractivity contribution in [3.05, 3.63) is 59.9 Å². The molecular weight excluding hydrogens is 238 g/mol. The third-order valence-electron chi connectivity index (χ3n) is 3.12. The number of nitrogens with zero attached hydrogens (tertiary/aromatic N) is 2. The Balaban J connectivity index is 2.42. The smallest absolute Gasteiger partial charge is 0.265 e. The van der Waals surface area contributed by atoms with Crippen LogP contribution in [0.1, 0.15) is 16.2 Å². The lowest BCUT2D eigenvalue weighted by Crippen LogP contribution is -2.15. The molecule has 0 aliphatic carbocycles. The molecule has 0 fully saturated rings. The number of hydrogen-bond donors (Lipinski definition) is 1. The Bertz CT molecular complexity index is 760. The van der Waals surface area contributed by atoms with E-state index in [9.17, 15) is 4.79 Å². The highest BCUT2D eigenvalue weighted by atomic mass is 16.1. The molecule has 0 spiro atoms. The summed E-state index contributed by atoms with van der Waals surface area (Å²) < 4.78 is 1.81. The Morgan fingerprint density at radius 3 is 2.53 bits per heavy atom. The highest BCUT2D eigenvalue weighted by Gasteiger charge is 2.15. The first-order valence-corrected chi connectivity index (χ1v) is 6.02. The van der Waals surface area contributed by atoms with Crippen molar-refractivity contribution in [1.82, 2.24) is 9.38 Å². The fraction of sp³-hybridized carbons (Fsp3) is 0.0667. The molecule has 0 bridgehead atoms. The van der Waals surface area contributed by atoms with Gasteiger partial charge in [0, 0.05) is 5.56 Å². The molecule has 4 heteroatoms. The highest BCUT2D eigenvalue weighted by molar-refractivity contribution is 5.92. The van der Waals surface area contributed by atoms with Gasteiger partial charge in [-0.15, -0.1) is 0 Å². The topological polar surface area (TPSA) is 60.4 Å². The number of imidazole rings is 1. The third-order valence-corrected chi connectivity index (χ3v) is 3.12. The van der Waals surface area contributed by atoms with Crippen LogP contribution >= 0.6 is 0 Å². The summed E-state index contributed by atoms with van der Waals surface area (Å²) in [7, 11) is 0. The third kappa shape index (κ3) is 1.78. The lowest BCUT2D eigenvalue weighted by Gasteiger charge is -2.07. The fourth-order valence-corrected chi connectivity index (χ4v) is 2.33. The SMILES string of the molecule is Cc1nc2cccc(C(N)=O)n2c1-c1ccccc1. The monoisotopic (exact) mass is 251 g/mol. The van der Waals surface area contributed by atoms with Gasteiger partial charge < -0.3 is 5.73 Å². The van der Waals surface area contributed by atoms with Crippen LogP contribution in [0.3, 0.4) is 0 Å². The summed E-state index contributed by atoms with van der Waals surface area (Å²) >= 11 is 0. The minimum absolute atomic E-state index is 0.442. The Morgan fingerprint density at radius 1 is 1.11 bits per heavy atom. The first-order valence-electron chi connectivity index (χ1n) is 6.02. The van der Waals surface area contributed by atoms with Crippen molar-refractivity contribution in [3.63, 3.8) is 0 Å². The largest absolute Gasteiger partial charge is 0.364 e. The van der Waals surface area contributed by atoms with Gasteiger partial charge in [0.15, 0.2) is 0 Å². The molecule has 1 aromatic carbocycles. The predicted octanol–water partition coefficient (Wildman–Crippen LogP) is 2.41. The van der Waals surface area contributed by atoms with E-state index in [0.717, 1.165) is 22.6 Å². The molecule has 2 aromatic heterocycles. The average Bonchev–Trinajstić information content (AvgIpc) is 2.75. The quantitative estimate of drug-likeness (QED) is 0.760.